The Bertz CT molecular complexity index is 629. The average molecular weight is 426 g/mol. The van der Waals surface area contributed by atoms with Gasteiger partial charge in [0.2, 0.25) is 5.91 Å². The number of hydrogen-bond acceptors (Lipinski definition) is 6. The molecule has 0 unspecified atom stereocenters. The highest BCUT2D eigenvalue weighted by Gasteiger charge is 2.34. The van der Waals surface area contributed by atoms with Gasteiger partial charge in [-0.1, -0.05) is 27.2 Å². The van der Waals surface area contributed by atoms with Gasteiger partial charge in [-0.05, 0) is 51.9 Å². The first-order chi connectivity index (χ1) is 13.7. The monoisotopic (exact) mass is 425 g/mol. The minimum absolute atomic E-state index is 0.0728. The smallest absolute Gasteiger partial charge is 0.328 e. The standard InChI is InChI=1S/C23H39NO6/c1-22(2,3)14-16(13-19(26)30-23(4,5)6)20(27)24-17(21(28)29-7)12-15-10-8-9-11-18(15)25/h15-17H,8-14H2,1-7H3,(H,24,27)/t15-,16-,17-/m0/s1. The second-order valence-corrected chi connectivity index (χ2v) is 10.5. The van der Waals surface area contributed by atoms with E-state index in [9.17, 15) is 19.2 Å². The molecule has 0 aromatic rings. The lowest BCUT2D eigenvalue weighted by atomic mass is 9.81. The van der Waals surface area contributed by atoms with Crippen molar-refractivity contribution >= 4 is 23.6 Å². The van der Waals surface area contributed by atoms with Crippen LogP contribution in [0.25, 0.3) is 0 Å². The summed E-state index contributed by atoms with van der Waals surface area (Å²) in [5.74, 6) is -2.19. The zero-order chi connectivity index (χ0) is 23.1. The van der Waals surface area contributed by atoms with Crippen LogP contribution in [-0.2, 0) is 28.7 Å². The Morgan fingerprint density at radius 2 is 1.73 bits per heavy atom. The van der Waals surface area contributed by atoms with Crippen LogP contribution in [-0.4, -0.2) is 42.4 Å². The highest BCUT2D eigenvalue weighted by Crippen LogP contribution is 2.29. The van der Waals surface area contributed by atoms with Crippen LogP contribution in [0.1, 0.15) is 86.5 Å². The molecule has 1 aliphatic rings. The Labute approximate surface area is 180 Å². The Kier molecular flexibility index (Phi) is 9.50. The van der Waals surface area contributed by atoms with E-state index >= 15 is 0 Å². The molecule has 3 atom stereocenters. The maximum absolute atomic E-state index is 13.1. The predicted molar refractivity (Wildman–Crippen MR) is 114 cm³/mol. The number of carbonyl (C=O) groups is 4. The van der Waals surface area contributed by atoms with Crippen molar-refractivity contribution in [3.63, 3.8) is 0 Å². The van der Waals surface area contributed by atoms with Gasteiger partial charge >= 0.3 is 11.9 Å². The lowest BCUT2D eigenvalue weighted by Crippen LogP contribution is -2.47. The van der Waals surface area contributed by atoms with E-state index < -0.39 is 35.4 Å². The number of nitrogens with one attached hydrogen (secondary N) is 1. The van der Waals surface area contributed by atoms with Crippen LogP contribution in [0.3, 0.4) is 0 Å². The van der Waals surface area contributed by atoms with Crippen LogP contribution in [0.4, 0.5) is 0 Å². The van der Waals surface area contributed by atoms with Crippen molar-refractivity contribution in [1.82, 2.24) is 5.32 Å². The summed E-state index contributed by atoms with van der Waals surface area (Å²) in [4.78, 5) is 49.9. The number of hydrogen-bond donors (Lipinski definition) is 1. The first kappa shape index (κ1) is 26.1. The zero-order valence-electron chi connectivity index (χ0n) is 19.6. The van der Waals surface area contributed by atoms with Crippen molar-refractivity contribution in [3.8, 4) is 0 Å². The maximum Gasteiger partial charge on any atom is 0.328 e. The molecule has 0 aromatic heterocycles. The quantitative estimate of drug-likeness (QED) is 0.597. The summed E-state index contributed by atoms with van der Waals surface area (Å²) in [6.45, 7) is 11.3. The van der Waals surface area contributed by atoms with E-state index in [4.69, 9.17) is 9.47 Å². The third kappa shape index (κ3) is 9.72. The normalized spacial score (nSPS) is 19.6. The molecule has 0 saturated heterocycles. The van der Waals surface area contributed by atoms with Gasteiger partial charge in [-0.15, -0.1) is 0 Å². The molecule has 7 nitrogen and oxygen atoms in total. The molecule has 1 fully saturated rings. The zero-order valence-corrected chi connectivity index (χ0v) is 19.6. The lowest BCUT2D eigenvalue weighted by molar-refractivity contribution is -0.157. The third-order valence-corrected chi connectivity index (χ3v) is 5.07. The summed E-state index contributed by atoms with van der Waals surface area (Å²) >= 11 is 0. The van der Waals surface area contributed by atoms with Crippen LogP contribution < -0.4 is 5.32 Å². The highest BCUT2D eigenvalue weighted by atomic mass is 16.6. The van der Waals surface area contributed by atoms with Crippen molar-refractivity contribution in [2.75, 3.05) is 7.11 Å². The summed E-state index contributed by atoms with van der Waals surface area (Å²) < 4.78 is 10.2. The fourth-order valence-corrected chi connectivity index (χ4v) is 3.82. The van der Waals surface area contributed by atoms with Gasteiger partial charge in [-0.2, -0.15) is 0 Å². The Morgan fingerprint density at radius 3 is 2.23 bits per heavy atom. The van der Waals surface area contributed by atoms with Gasteiger partial charge in [0.25, 0.3) is 0 Å². The Hall–Kier alpha value is -1.92. The van der Waals surface area contributed by atoms with E-state index in [1.807, 2.05) is 20.8 Å². The molecule has 172 valence electrons. The van der Waals surface area contributed by atoms with Gasteiger partial charge in [0, 0.05) is 18.3 Å². The molecule has 1 amide bonds. The van der Waals surface area contributed by atoms with E-state index in [2.05, 4.69) is 5.32 Å². The van der Waals surface area contributed by atoms with Crippen molar-refractivity contribution in [2.45, 2.75) is 98.1 Å². The van der Waals surface area contributed by atoms with Crippen LogP contribution in [0.5, 0.6) is 0 Å². The SMILES string of the molecule is COC(=O)[C@H](C[C@@H]1CCCCC1=O)NC(=O)[C@@H](CC(=O)OC(C)(C)C)CC(C)(C)C. The number of methoxy groups -OCH3 is 1. The molecule has 0 aliphatic heterocycles. The number of carbonyl (C=O) groups excluding carboxylic acids is 4. The molecule has 1 rings (SSSR count). The first-order valence-corrected chi connectivity index (χ1v) is 10.8. The van der Waals surface area contributed by atoms with E-state index in [0.717, 1.165) is 12.8 Å². The largest absolute Gasteiger partial charge is 0.467 e. The second kappa shape index (κ2) is 10.9. The topological polar surface area (TPSA) is 98.8 Å². The molecule has 7 heteroatoms. The molecule has 0 spiro atoms. The molecular weight excluding hydrogens is 386 g/mol. The molecule has 1 aliphatic carbocycles. The van der Waals surface area contributed by atoms with E-state index in [-0.39, 0.29) is 30.0 Å². The summed E-state index contributed by atoms with van der Waals surface area (Å²) in [6.07, 6.45) is 3.64. The molecule has 0 heterocycles. The molecule has 0 aromatic carbocycles. The van der Waals surface area contributed by atoms with Crippen LogP contribution in [0.2, 0.25) is 0 Å². The predicted octanol–water partition coefficient (Wildman–Crippen LogP) is 3.58. The Balaban J connectivity index is 2.93. The van der Waals surface area contributed by atoms with Crippen molar-refractivity contribution in [2.24, 2.45) is 17.3 Å². The minimum Gasteiger partial charge on any atom is -0.467 e. The number of amides is 1. The molecule has 0 radical (unpaired) electrons. The van der Waals surface area contributed by atoms with Gasteiger partial charge in [0.05, 0.1) is 13.5 Å². The van der Waals surface area contributed by atoms with Crippen LogP contribution in [0, 0.1) is 17.3 Å². The minimum atomic E-state index is -0.907. The van der Waals surface area contributed by atoms with E-state index in [0.29, 0.717) is 19.3 Å². The van der Waals surface area contributed by atoms with Crippen LogP contribution in [0.15, 0.2) is 0 Å². The maximum atomic E-state index is 13.1. The first-order valence-electron chi connectivity index (χ1n) is 10.8. The number of ether oxygens (including phenoxy) is 2. The van der Waals surface area contributed by atoms with Crippen LogP contribution >= 0.6 is 0 Å². The summed E-state index contributed by atoms with van der Waals surface area (Å²) in [6, 6.07) is -0.907. The van der Waals surface area contributed by atoms with Gasteiger partial charge in [-0.25, -0.2) is 4.79 Å². The number of ketones is 1. The summed E-state index contributed by atoms with van der Waals surface area (Å²) in [5, 5.41) is 2.75. The van der Waals surface area contributed by atoms with Gasteiger partial charge < -0.3 is 14.8 Å². The molecular formula is C23H39NO6. The van der Waals surface area contributed by atoms with Crippen molar-refractivity contribution in [3.05, 3.63) is 0 Å². The van der Waals surface area contributed by atoms with Gasteiger partial charge in [-0.3, -0.25) is 14.4 Å². The van der Waals surface area contributed by atoms with E-state index in [1.165, 1.54) is 7.11 Å². The average Bonchev–Trinajstić information content (AvgIpc) is 2.58. The number of Topliss-reactive ketones (excluding diaryl/α,β-unsaturated/α-hetero) is 1. The molecule has 0 bridgehead atoms. The fraction of sp³-hybridized carbons (Fsp3) is 0.826. The third-order valence-electron chi connectivity index (χ3n) is 5.07. The summed E-state index contributed by atoms with van der Waals surface area (Å²) in [7, 11) is 1.26. The number of rotatable bonds is 8. The number of esters is 2. The van der Waals surface area contributed by atoms with Crippen molar-refractivity contribution in [1.29, 1.82) is 0 Å². The highest BCUT2D eigenvalue weighted by molar-refractivity contribution is 5.89. The molecule has 30 heavy (non-hydrogen) atoms. The van der Waals surface area contributed by atoms with Gasteiger partial charge in [0.1, 0.15) is 17.4 Å². The van der Waals surface area contributed by atoms with Crippen molar-refractivity contribution < 1.29 is 28.7 Å². The second-order valence-electron chi connectivity index (χ2n) is 10.5. The fourth-order valence-electron chi connectivity index (χ4n) is 3.82. The molecule has 1 N–H and O–H groups in total. The van der Waals surface area contributed by atoms with E-state index in [1.54, 1.807) is 20.8 Å². The summed E-state index contributed by atoms with van der Waals surface area (Å²) in [5.41, 5.74) is -0.847. The van der Waals surface area contributed by atoms with Gasteiger partial charge in [0.15, 0.2) is 0 Å². The lowest BCUT2D eigenvalue weighted by Gasteiger charge is -2.29. The Morgan fingerprint density at radius 1 is 1.10 bits per heavy atom. The molecule has 1 saturated carbocycles.